The molecule has 112 valence electrons. The van der Waals surface area contributed by atoms with Gasteiger partial charge in [0.25, 0.3) is 6.43 Å². The Morgan fingerprint density at radius 2 is 2.10 bits per heavy atom. The minimum atomic E-state index is -2.51. The van der Waals surface area contributed by atoms with Gasteiger partial charge < -0.3 is 14.4 Å². The fourth-order valence-electron chi connectivity index (χ4n) is 2.23. The van der Waals surface area contributed by atoms with Gasteiger partial charge in [-0.05, 0) is 36.6 Å². The SMILES string of the molecule is O=C(/C=C/c1ccc2c(c1)OCO2)N(CC(F)F)C1CC1. The van der Waals surface area contributed by atoms with Crippen molar-refractivity contribution in [2.75, 3.05) is 13.3 Å². The lowest BCUT2D eigenvalue weighted by Gasteiger charge is -2.20. The van der Waals surface area contributed by atoms with E-state index >= 15 is 0 Å². The van der Waals surface area contributed by atoms with Crippen molar-refractivity contribution in [2.24, 2.45) is 0 Å². The number of alkyl halides is 2. The number of amides is 1. The molecule has 0 bridgehead atoms. The van der Waals surface area contributed by atoms with Gasteiger partial charge in [-0.25, -0.2) is 8.78 Å². The van der Waals surface area contributed by atoms with Crippen LogP contribution in [0, 0.1) is 0 Å². The van der Waals surface area contributed by atoms with E-state index in [4.69, 9.17) is 9.47 Å². The topological polar surface area (TPSA) is 38.8 Å². The molecule has 0 saturated heterocycles. The number of hydrogen-bond acceptors (Lipinski definition) is 3. The second-order valence-electron chi connectivity index (χ2n) is 5.06. The molecule has 1 amide bonds. The second-order valence-corrected chi connectivity index (χ2v) is 5.06. The molecular formula is C15H15F2NO3. The van der Waals surface area contributed by atoms with Gasteiger partial charge in [-0.3, -0.25) is 4.79 Å². The van der Waals surface area contributed by atoms with E-state index in [0.717, 1.165) is 18.4 Å². The number of nitrogens with zero attached hydrogens (tertiary/aromatic N) is 1. The fourth-order valence-corrected chi connectivity index (χ4v) is 2.23. The average molecular weight is 295 g/mol. The normalized spacial score (nSPS) is 16.7. The number of carbonyl (C=O) groups excluding carboxylic acids is 1. The summed E-state index contributed by atoms with van der Waals surface area (Å²) in [4.78, 5) is 13.3. The maximum atomic E-state index is 12.5. The van der Waals surface area contributed by atoms with Gasteiger partial charge in [0.2, 0.25) is 12.7 Å². The molecular weight excluding hydrogens is 280 g/mol. The van der Waals surface area contributed by atoms with Crippen molar-refractivity contribution in [1.29, 1.82) is 0 Å². The number of halogens is 2. The standard InChI is InChI=1S/C15H15F2NO3/c16-14(17)8-18(11-3-4-11)15(19)6-2-10-1-5-12-13(7-10)21-9-20-12/h1-2,5-7,11,14H,3-4,8-9H2/b6-2+. The van der Waals surface area contributed by atoms with Crippen molar-refractivity contribution in [3.8, 4) is 11.5 Å². The first-order valence-corrected chi connectivity index (χ1v) is 6.80. The number of ether oxygens (including phenoxy) is 2. The molecule has 3 rings (SSSR count). The van der Waals surface area contributed by atoms with Crippen LogP contribution < -0.4 is 9.47 Å². The fraction of sp³-hybridized carbons (Fsp3) is 0.400. The van der Waals surface area contributed by atoms with Crippen LogP contribution in [0.15, 0.2) is 24.3 Å². The number of benzene rings is 1. The number of hydrogen-bond donors (Lipinski definition) is 0. The van der Waals surface area contributed by atoms with Gasteiger partial charge in [-0.15, -0.1) is 0 Å². The van der Waals surface area contributed by atoms with Crippen molar-refractivity contribution in [3.05, 3.63) is 29.8 Å². The predicted octanol–water partition coefficient (Wildman–Crippen LogP) is 2.68. The van der Waals surface area contributed by atoms with Crippen molar-refractivity contribution >= 4 is 12.0 Å². The summed E-state index contributed by atoms with van der Waals surface area (Å²) in [6.45, 7) is -0.319. The van der Waals surface area contributed by atoms with E-state index in [0.29, 0.717) is 11.5 Å². The van der Waals surface area contributed by atoms with E-state index in [1.165, 1.54) is 11.0 Å². The van der Waals surface area contributed by atoms with E-state index in [9.17, 15) is 13.6 Å². The third-order valence-electron chi connectivity index (χ3n) is 3.42. The quantitative estimate of drug-likeness (QED) is 0.784. The maximum absolute atomic E-state index is 12.5. The highest BCUT2D eigenvalue weighted by molar-refractivity contribution is 5.92. The third kappa shape index (κ3) is 3.32. The summed E-state index contributed by atoms with van der Waals surface area (Å²) in [7, 11) is 0. The maximum Gasteiger partial charge on any atom is 0.255 e. The molecule has 1 fully saturated rings. The molecule has 2 aliphatic rings. The van der Waals surface area contributed by atoms with Crippen LogP contribution in [-0.2, 0) is 4.79 Å². The Morgan fingerprint density at radius 1 is 1.33 bits per heavy atom. The van der Waals surface area contributed by atoms with Crippen LogP contribution in [-0.4, -0.2) is 36.6 Å². The Balaban J connectivity index is 1.68. The van der Waals surface area contributed by atoms with Crippen molar-refractivity contribution in [1.82, 2.24) is 4.90 Å². The van der Waals surface area contributed by atoms with Crippen LogP contribution in [0.1, 0.15) is 18.4 Å². The van der Waals surface area contributed by atoms with E-state index in [1.54, 1.807) is 24.3 Å². The van der Waals surface area contributed by atoms with Crippen LogP contribution in [0.2, 0.25) is 0 Å². The third-order valence-corrected chi connectivity index (χ3v) is 3.42. The first-order valence-electron chi connectivity index (χ1n) is 6.80. The Hall–Kier alpha value is -2.11. The molecule has 4 nitrogen and oxygen atoms in total. The highest BCUT2D eigenvalue weighted by atomic mass is 19.3. The smallest absolute Gasteiger partial charge is 0.255 e. The molecule has 0 atom stereocenters. The van der Waals surface area contributed by atoms with E-state index in [1.807, 2.05) is 0 Å². The van der Waals surface area contributed by atoms with E-state index < -0.39 is 13.0 Å². The highest BCUT2D eigenvalue weighted by Crippen LogP contribution is 2.33. The molecule has 0 radical (unpaired) electrons. The summed E-state index contributed by atoms with van der Waals surface area (Å²) in [6.07, 6.45) is 2.03. The Morgan fingerprint density at radius 3 is 2.81 bits per heavy atom. The Kier molecular flexibility index (Phi) is 3.77. The zero-order valence-electron chi connectivity index (χ0n) is 11.3. The van der Waals surface area contributed by atoms with Crippen LogP contribution in [0.4, 0.5) is 8.78 Å². The summed E-state index contributed by atoms with van der Waals surface area (Å²) in [6, 6.07) is 5.25. The molecule has 1 saturated carbocycles. The van der Waals surface area contributed by atoms with Gasteiger partial charge in [0.05, 0.1) is 6.54 Å². The van der Waals surface area contributed by atoms with Crippen molar-refractivity contribution in [3.63, 3.8) is 0 Å². The Labute approximate surface area is 120 Å². The lowest BCUT2D eigenvalue weighted by molar-refractivity contribution is -0.128. The Bertz CT molecular complexity index is 570. The first kappa shape index (κ1) is 13.9. The van der Waals surface area contributed by atoms with Crippen LogP contribution >= 0.6 is 0 Å². The van der Waals surface area contributed by atoms with Gasteiger partial charge >= 0.3 is 0 Å². The minimum Gasteiger partial charge on any atom is -0.454 e. The summed E-state index contributed by atoms with van der Waals surface area (Å²) >= 11 is 0. The van der Waals surface area contributed by atoms with Crippen LogP contribution in [0.25, 0.3) is 6.08 Å². The average Bonchev–Trinajstić information content (AvgIpc) is 3.19. The first-order chi connectivity index (χ1) is 10.1. The number of rotatable bonds is 5. The second kappa shape index (κ2) is 5.71. The largest absolute Gasteiger partial charge is 0.454 e. The molecule has 1 aliphatic carbocycles. The summed E-state index contributed by atoms with van der Waals surface area (Å²) in [5.74, 6) is 0.905. The highest BCUT2D eigenvalue weighted by Gasteiger charge is 2.33. The minimum absolute atomic E-state index is 0.0343. The van der Waals surface area contributed by atoms with Gasteiger partial charge in [-0.2, -0.15) is 0 Å². The van der Waals surface area contributed by atoms with Gasteiger partial charge in [-0.1, -0.05) is 6.07 Å². The molecule has 6 heteroatoms. The molecule has 1 aromatic carbocycles. The summed E-state index contributed by atoms with van der Waals surface area (Å²) < 4.78 is 35.4. The van der Waals surface area contributed by atoms with Gasteiger partial charge in [0.15, 0.2) is 11.5 Å². The van der Waals surface area contributed by atoms with Gasteiger partial charge in [0, 0.05) is 12.1 Å². The molecule has 1 aliphatic heterocycles. The molecule has 0 N–H and O–H groups in total. The molecule has 21 heavy (non-hydrogen) atoms. The zero-order chi connectivity index (χ0) is 14.8. The van der Waals surface area contributed by atoms with Crippen molar-refractivity contribution in [2.45, 2.75) is 25.3 Å². The van der Waals surface area contributed by atoms with Crippen LogP contribution in [0.3, 0.4) is 0 Å². The lowest BCUT2D eigenvalue weighted by atomic mass is 10.2. The molecule has 1 aromatic rings. The predicted molar refractivity (Wildman–Crippen MR) is 72.3 cm³/mol. The summed E-state index contributed by atoms with van der Waals surface area (Å²) in [5, 5.41) is 0. The zero-order valence-corrected chi connectivity index (χ0v) is 11.3. The molecule has 1 heterocycles. The number of fused-ring (bicyclic) bond motifs is 1. The summed E-state index contributed by atoms with van der Waals surface area (Å²) in [5.41, 5.74) is 0.764. The van der Waals surface area contributed by atoms with E-state index in [-0.39, 0.29) is 18.7 Å². The molecule has 0 aromatic heterocycles. The lowest BCUT2D eigenvalue weighted by Crippen LogP contribution is -2.35. The van der Waals surface area contributed by atoms with E-state index in [2.05, 4.69) is 0 Å². The molecule has 0 spiro atoms. The number of carbonyl (C=O) groups is 1. The molecule has 0 unspecified atom stereocenters. The van der Waals surface area contributed by atoms with Crippen molar-refractivity contribution < 1.29 is 23.0 Å². The van der Waals surface area contributed by atoms with Crippen LogP contribution in [0.5, 0.6) is 11.5 Å². The monoisotopic (exact) mass is 295 g/mol. The van der Waals surface area contributed by atoms with Gasteiger partial charge in [0.1, 0.15) is 0 Å².